The summed E-state index contributed by atoms with van der Waals surface area (Å²) in [5.41, 5.74) is -5.81. The van der Waals surface area contributed by atoms with E-state index in [9.17, 15) is 26.5 Å². The quantitative estimate of drug-likeness (QED) is 0.617. The van der Waals surface area contributed by atoms with Gasteiger partial charge in [-0.1, -0.05) is 0 Å². The lowest BCUT2D eigenvalue weighted by Crippen LogP contribution is -2.45. The van der Waals surface area contributed by atoms with Crippen LogP contribution in [-0.2, 0) is 4.57 Å². The molecule has 0 heterocycles. The number of hydrogen-bond donors (Lipinski definition) is 2. The predicted molar refractivity (Wildman–Crippen MR) is 60.1 cm³/mol. The van der Waals surface area contributed by atoms with E-state index < -0.39 is 30.9 Å². The lowest BCUT2D eigenvalue weighted by molar-refractivity contribution is -0.279. The molecular formula is C10H10F5O5P. The Bertz CT molecular complexity index is 559. The van der Waals surface area contributed by atoms with Crippen molar-refractivity contribution in [1.82, 2.24) is 0 Å². The summed E-state index contributed by atoms with van der Waals surface area (Å²) in [4.78, 5) is 16.5. The van der Waals surface area contributed by atoms with Gasteiger partial charge in [-0.05, 0) is 19.1 Å². The van der Waals surface area contributed by atoms with Crippen LogP contribution in [0.3, 0.4) is 0 Å². The number of halogens is 5. The second kappa shape index (κ2) is 5.78. The van der Waals surface area contributed by atoms with E-state index in [1.165, 1.54) is 0 Å². The summed E-state index contributed by atoms with van der Waals surface area (Å²) >= 11 is 0. The molecule has 0 aliphatic carbocycles. The van der Waals surface area contributed by atoms with Crippen LogP contribution in [0.1, 0.15) is 6.92 Å². The molecule has 0 amide bonds. The first-order valence-corrected chi connectivity index (χ1v) is 6.96. The van der Waals surface area contributed by atoms with E-state index in [4.69, 9.17) is 14.5 Å². The average Bonchev–Trinajstić information content (AvgIpc) is 2.31. The topological polar surface area (TPSA) is 76.0 Å². The molecule has 0 saturated heterocycles. The zero-order chi connectivity index (χ0) is 16.5. The van der Waals surface area contributed by atoms with E-state index in [0.717, 1.165) is 6.07 Å². The van der Waals surface area contributed by atoms with Crippen molar-refractivity contribution in [2.75, 3.05) is 6.61 Å². The van der Waals surface area contributed by atoms with E-state index in [1.807, 2.05) is 0 Å². The maximum absolute atomic E-state index is 13.4. The van der Waals surface area contributed by atoms with Crippen molar-refractivity contribution in [3.63, 3.8) is 0 Å². The Kier molecular flexibility index (Phi) is 4.87. The fourth-order valence-corrected chi connectivity index (χ4v) is 1.57. The lowest BCUT2D eigenvalue weighted by atomic mass is 10.3. The highest BCUT2D eigenvalue weighted by Gasteiger charge is 2.71. The van der Waals surface area contributed by atoms with Crippen LogP contribution in [0, 0.1) is 5.82 Å². The lowest BCUT2D eigenvalue weighted by Gasteiger charge is -2.26. The average molecular weight is 336 g/mol. The zero-order valence-corrected chi connectivity index (χ0v) is 11.3. The normalized spacial score (nSPS) is 13.1. The molecule has 0 spiro atoms. The Morgan fingerprint density at radius 3 is 2.24 bits per heavy atom. The van der Waals surface area contributed by atoms with Crippen molar-refractivity contribution >= 4 is 7.60 Å². The highest BCUT2D eigenvalue weighted by atomic mass is 31.2. The first kappa shape index (κ1) is 17.7. The summed E-state index contributed by atoms with van der Waals surface area (Å²) in [6, 6.07) is 2.14. The Morgan fingerprint density at radius 2 is 1.81 bits per heavy atom. The molecule has 0 atom stereocenters. The number of hydrogen-bond acceptors (Lipinski definition) is 3. The second-order valence-electron chi connectivity index (χ2n) is 3.73. The highest BCUT2D eigenvalue weighted by molar-refractivity contribution is 7.53. The van der Waals surface area contributed by atoms with Crippen LogP contribution < -0.4 is 9.47 Å². The molecular weight excluding hydrogens is 326 g/mol. The van der Waals surface area contributed by atoms with Crippen molar-refractivity contribution in [2.24, 2.45) is 0 Å². The first-order chi connectivity index (χ1) is 9.42. The summed E-state index contributed by atoms with van der Waals surface area (Å²) in [5.74, 6) is -2.83. The van der Waals surface area contributed by atoms with Crippen LogP contribution in [0.5, 0.6) is 11.5 Å². The second-order valence-corrected chi connectivity index (χ2v) is 5.38. The minimum absolute atomic E-state index is 0.0626. The fraction of sp³-hybridized carbons (Fsp3) is 0.400. The smallest absolute Gasteiger partial charge is 0.477 e. The molecule has 1 aromatic carbocycles. The van der Waals surface area contributed by atoms with E-state index in [0.29, 0.717) is 12.1 Å². The molecule has 1 aromatic rings. The summed E-state index contributed by atoms with van der Waals surface area (Å²) < 4.78 is 84.3. The molecule has 0 fully saturated rings. The van der Waals surface area contributed by atoms with E-state index in [-0.39, 0.29) is 12.4 Å². The molecule has 5 nitrogen and oxygen atoms in total. The molecule has 0 aliphatic heterocycles. The monoisotopic (exact) mass is 336 g/mol. The van der Waals surface area contributed by atoms with Gasteiger partial charge in [-0.25, -0.2) is 4.39 Å². The van der Waals surface area contributed by atoms with Crippen LogP contribution in [0.15, 0.2) is 18.2 Å². The third kappa shape index (κ3) is 3.63. The Morgan fingerprint density at radius 1 is 1.24 bits per heavy atom. The van der Waals surface area contributed by atoms with E-state index in [2.05, 4.69) is 4.74 Å². The van der Waals surface area contributed by atoms with Crippen molar-refractivity contribution in [1.29, 1.82) is 0 Å². The van der Waals surface area contributed by atoms with Gasteiger partial charge < -0.3 is 19.3 Å². The van der Waals surface area contributed by atoms with E-state index >= 15 is 0 Å². The van der Waals surface area contributed by atoms with Gasteiger partial charge in [0, 0.05) is 6.07 Å². The molecule has 1 rings (SSSR count). The Balaban J connectivity index is 3.07. The highest BCUT2D eigenvalue weighted by Crippen LogP contribution is 2.60. The van der Waals surface area contributed by atoms with Gasteiger partial charge in [0.1, 0.15) is 5.75 Å². The molecule has 0 bridgehead atoms. The number of ether oxygens (including phenoxy) is 2. The summed E-state index contributed by atoms with van der Waals surface area (Å²) in [5, 5.41) is 0. The van der Waals surface area contributed by atoms with Crippen LogP contribution in [0.2, 0.25) is 0 Å². The Hall–Kier alpha value is -1.38. The molecule has 2 N–H and O–H groups in total. The van der Waals surface area contributed by atoms with Gasteiger partial charge in [0.2, 0.25) is 0 Å². The largest absolute Gasteiger partial charge is 0.494 e. The number of alkyl halides is 4. The van der Waals surface area contributed by atoms with Crippen LogP contribution in [0.25, 0.3) is 0 Å². The van der Waals surface area contributed by atoms with Gasteiger partial charge in [0.25, 0.3) is 0 Å². The maximum Gasteiger partial charge on any atom is 0.477 e. The van der Waals surface area contributed by atoms with Crippen LogP contribution >= 0.6 is 7.60 Å². The molecule has 120 valence electrons. The standard InChI is InChI=1S/C10H10F5O5P/c1-2-19-6-3-4-8(7(11)5-6)20-9(12,13)10(14,15)21(16,17)18/h3-5H,2H2,1H3,(H2,16,17,18). The van der Waals surface area contributed by atoms with E-state index in [1.54, 1.807) is 6.92 Å². The molecule has 0 unspecified atom stereocenters. The molecule has 0 saturated carbocycles. The summed E-state index contributed by atoms with van der Waals surface area (Å²) in [7, 11) is -6.52. The van der Waals surface area contributed by atoms with Gasteiger partial charge in [0.15, 0.2) is 11.6 Å². The van der Waals surface area contributed by atoms with Gasteiger partial charge in [-0.15, -0.1) is 0 Å². The summed E-state index contributed by atoms with van der Waals surface area (Å²) in [6.07, 6.45) is -5.61. The van der Waals surface area contributed by atoms with Crippen molar-refractivity contribution in [3.8, 4) is 11.5 Å². The van der Waals surface area contributed by atoms with Crippen LogP contribution in [0.4, 0.5) is 22.0 Å². The predicted octanol–water partition coefficient (Wildman–Crippen LogP) is 2.97. The minimum Gasteiger partial charge on any atom is -0.494 e. The third-order valence-corrected chi connectivity index (χ3v) is 3.16. The van der Waals surface area contributed by atoms with Crippen LogP contribution in [-0.4, -0.2) is 28.2 Å². The Labute approximate surface area is 115 Å². The molecule has 0 aromatic heterocycles. The molecule has 11 heteroatoms. The number of benzene rings is 1. The van der Waals surface area contributed by atoms with Crippen molar-refractivity contribution in [3.05, 3.63) is 24.0 Å². The van der Waals surface area contributed by atoms with Gasteiger partial charge in [-0.2, -0.15) is 17.6 Å². The van der Waals surface area contributed by atoms with Gasteiger partial charge >= 0.3 is 19.4 Å². The van der Waals surface area contributed by atoms with Crippen molar-refractivity contribution < 1.29 is 45.8 Å². The minimum atomic E-state index is -6.52. The van der Waals surface area contributed by atoms with Gasteiger partial charge in [-0.3, -0.25) is 4.57 Å². The van der Waals surface area contributed by atoms with Gasteiger partial charge in [0.05, 0.1) is 6.61 Å². The molecule has 21 heavy (non-hydrogen) atoms. The zero-order valence-electron chi connectivity index (χ0n) is 10.4. The SMILES string of the molecule is CCOc1ccc(OC(F)(F)C(F)(F)P(=O)(O)O)c(F)c1. The summed E-state index contributed by atoms with van der Waals surface area (Å²) in [6.45, 7) is 1.71. The first-order valence-electron chi connectivity index (χ1n) is 5.35. The molecule has 0 radical (unpaired) electrons. The number of rotatable bonds is 6. The molecule has 0 aliphatic rings. The van der Waals surface area contributed by atoms with Crippen molar-refractivity contribution in [2.45, 2.75) is 18.7 Å². The third-order valence-electron chi connectivity index (χ3n) is 2.17. The maximum atomic E-state index is 13.4. The fourth-order valence-electron chi connectivity index (χ4n) is 1.19.